The molecule has 0 aliphatic rings. The summed E-state index contributed by atoms with van der Waals surface area (Å²) in [5.74, 6) is -0.519. The molecule has 0 aromatic rings. The van der Waals surface area contributed by atoms with Crippen LogP contribution in [0.1, 0.15) is 55.4 Å². The van der Waals surface area contributed by atoms with Crippen molar-refractivity contribution in [3.63, 3.8) is 0 Å². The van der Waals surface area contributed by atoms with Gasteiger partial charge >= 0.3 is 11.9 Å². The van der Waals surface area contributed by atoms with E-state index in [0.29, 0.717) is 25.0 Å². The fourth-order valence-electron chi connectivity index (χ4n) is 0.428. The smallest absolute Gasteiger partial charge is 0.325 e. The zero-order valence-electron chi connectivity index (χ0n) is 16.3. The number of nitrogens with two attached hydrogens (primary N) is 2. The SMILES string of the molecule is CC(C)(N)C(=O)O.CC(C)CO.CC(C)COC(=O)C(C)(C)N.Cl. The zero-order valence-corrected chi connectivity index (χ0v) is 17.1. The van der Waals surface area contributed by atoms with E-state index in [1.807, 2.05) is 27.7 Å². The number of esters is 1. The molecule has 148 valence electrons. The van der Waals surface area contributed by atoms with Crippen molar-refractivity contribution in [2.75, 3.05) is 13.2 Å². The summed E-state index contributed by atoms with van der Waals surface area (Å²) in [6.07, 6.45) is 0. The van der Waals surface area contributed by atoms with Crippen LogP contribution in [-0.4, -0.2) is 46.4 Å². The van der Waals surface area contributed by atoms with Crippen molar-refractivity contribution in [2.45, 2.75) is 66.5 Å². The minimum atomic E-state index is -1.08. The third-order valence-corrected chi connectivity index (χ3v) is 1.99. The number of ether oxygens (including phenoxy) is 1. The first-order chi connectivity index (χ1) is 10.1. The van der Waals surface area contributed by atoms with Gasteiger partial charge in [-0.2, -0.15) is 0 Å². The second kappa shape index (κ2) is 14.5. The monoisotopic (exact) mass is 372 g/mol. The minimum absolute atomic E-state index is 0. The first kappa shape index (κ1) is 30.9. The molecule has 0 atom stereocenters. The highest BCUT2D eigenvalue weighted by atomic mass is 35.5. The maximum atomic E-state index is 11.0. The Bertz CT molecular complexity index is 334. The number of carbonyl (C=O) groups is 2. The number of aliphatic carboxylic acids is 1. The highest BCUT2D eigenvalue weighted by Crippen LogP contribution is 2.02. The van der Waals surface area contributed by atoms with E-state index in [0.717, 1.165) is 0 Å². The molecule has 24 heavy (non-hydrogen) atoms. The lowest BCUT2D eigenvalue weighted by Gasteiger charge is -2.17. The molecule has 0 saturated heterocycles. The average Bonchev–Trinajstić information content (AvgIpc) is 2.34. The van der Waals surface area contributed by atoms with Gasteiger partial charge in [-0.15, -0.1) is 12.4 Å². The molecular weight excluding hydrogens is 336 g/mol. The molecule has 0 rings (SSSR count). The molecule has 7 nitrogen and oxygen atoms in total. The van der Waals surface area contributed by atoms with Gasteiger partial charge in [0.05, 0.1) is 6.61 Å². The molecule has 0 aromatic carbocycles. The van der Waals surface area contributed by atoms with Crippen LogP contribution in [0.4, 0.5) is 0 Å². The Morgan fingerprint density at radius 1 is 0.958 bits per heavy atom. The first-order valence-corrected chi connectivity index (χ1v) is 7.64. The summed E-state index contributed by atoms with van der Waals surface area (Å²) in [5.41, 5.74) is 8.62. The fourth-order valence-corrected chi connectivity index (χ4v) is 0.428. The molecule has 0 radical (unpaired) electrons. The summed E-state index contributed by atoms with van der Waals surface area (Å²) in [6.45, 7) is 14.8. The third-order valence-electron chi connectivity index (χ3n) is 1.99. The second-order valence-corrected chi connectivity index (χ2v) is 7.32. The largest absolute Gasteiger partial charge is 0.480 e. The van der Waals surface area contributed by atoms with Gasteiger partial charge in [0.25, 0.3) is 0 Å². The molecule has 0 spiro atoms. The van der Waals surface area contributed by atoms with Gasteiger partial charge in [-0.05, 0) is 39.5 Å². The van der Waals surface area contributed by atoms with E-state index in [1.165, 1.54) is 13.8 Å². The van der Waals surface area contributed by atoms with Crippen LogP contribution < -0.4 is 11.5 Å². The van der Waals surface area contributed by atoms with E-state index in [-0.39, 0.29) is 18.4 Å². The van der Waals surface area contributed by atoms with E-state index < -0.39 is 17.0 Å². The van der Waals surface area contributed by atoms with E-state index in [2.05, 4.69) is 0 Å². The van der Waals surface area contributed by atoms with E-state index in [1.54, 1.807) is 13.8 Å². The summed E-state index contributed by atoms with van der Waals surface area (Å²) < 4.78 is 4.90. The van der Waals surface area contributed by atoms with Gasteiger partial charge in [0.1, 0.15) is 11.1 Å². The van der Waals surface area contributed by atoms with Crippen molar-refractivity contribution in [2.24, 2.45) is 23.3 Å². The highest BCUT2D eigenvalue weighted by Gasteiger charge is 2.23. The minimum Gasteiger partial charge on any atom is -0.480 e. The Morgan fingerprint density at radius 3 is 1.38 bits per heavy atom. The molecule has 0 aliphatic carbocycles. The van der Waals surface area contributed by atoms with E-state index in [4.69, 9.17) is 26.4 Å². The molecule has 0 aliphatic heterocycles. The van der Waals surface area contributed by atoms with Crippen molar-refractivity contribution in [3.05, 3.63) is 0 Å². The number of rotatable bonds is 5. The van der Waals surface area contributed by atoms with Gasteiger partial charge in [0.2, 0.25) is 0 Å². The summed E-state index contributed by atoms with van der Waals surface area (Å²) in [5, 5.41) is 16.3. The van der Waals surface area contributed by atoms with Crippen molar-refractivity contribution in [3.8, 4) is 0 Å². The maximum absolute atomic E-state index is 11.0. The molecule has 0 amide bonds. The zero-order chi connectivity index (χ0) is 19.4. The molecule has 0 fully saturated rings. The molecule has 0 aromatic heterocycles. The normalized spacial score (nSPS) is 10.7. The Balaban J connectivity index is -0.000000133. The molecule has 0 saturated carbocycles. The van der Waals surface area contributed by atoms with Gasteiger partial charge in [-0.3, -0.25) is 9.59 Å². The van der Waals surface area contributed by atoms with Gasteiger partial charge in [0.15, 0.2) is 0 Å². The lowest BCUT2D eigenvalue weighted by atomic mass is 10.1. The van der Waals surface area contributed by atoms with Crippen molar-refractivity contribution in [1.29, 1.82) is 0 Å². The van der Waals surface area contributed by atoms with Crippen LogP contribution in [0.25, 0.3) is 0 Å². The molecular formula is C16H37ClN2O5. The summed E-state index contributed by atoms with van der Waals surface area (Å²) in [7, 11) is 0. The van der Waals surface area contributed by atoms with E-state index >= 15 is 0 Å². The molecule has 6 N–H and O–H groups in total. The van der Waals surface area contributed by atoms with Crippen molar-refractivity contribution >= 4 is 24.3 Å². The number of hydrogen-bond donors (Lipinski definition) is 4. The molecule has 0 bridgehead atoms. The lowest BCUT2D eigenvalue weighted by molar-refractivity contribution is -0.149. The van der Waals surface area contributed by atoms with Gasteiger partial charge in [-0.1, -0.05) is 27.7 Å². The summed E-state index contributed by atoms with van der Waals surface area (Å²) in [6, 6.07) is 0. The van der Waals surface area contributed by atoms with E-state index in [9.17, 15) is 9.59 Å². The predicted molar refractivity (Wildman–Crippen MR) is 99.1 cm³/mol. The van der Waals surface area contributed by atoms with Crippen LogP contribution in [0.15, 0.2) is 0 Å². The van der Waals surface area contributed by atoms with Crippen LogP contribution in [0, 0.1) is 11.8 Å². The predicted octanol–water partition coefficient (Wildman–Crippen LogP) is 1.79. The Hall–Kier alpha value is -0.890. The Labute approximate surface area is 152 Å². The third kappa shape index (κ3) is 26.0. The lowest BCUT2D eigenvalue weighted by Crippen LogP contribution is -2.43. The molecule has 8 heteroatoms. The standard InChI is InChI=1S/C8H17NO2.C4H9NO2.C4H10O.ClH/c1-6(2)5-11-7(10)8(3,4)9;1-4(2,5)3(6)7;1-4(2)3-5;/h6H,5,9H2,1-4H3;5H2,1-2H3,(H,6,7);4-5H,3H2,1-2H3;1H. The van der Waals surface area contributed by atoms with Crippen molar-refractivity contribution in [1.82, 2.24) is 0 Å². The van der Waals surface area contributed by atoms with Crippen LogP contribution in [0.2, 0.25) is 0 Å². The molecule has 0 heterocycles. The van der Waals surface area contributed by atoms with Gasteiger partial charge in [0, 0.05) is 6.61 Å². The maximum Gasteiger partial charge on any atom is 0.325 e. The summed E-state index contributed by atoms with van der Waals surface area (Å²) in [4.78, 5) is 20.9. The number of halogens is 1. The number of carboxylic acids is 1. The van der Waals surface area contributed by atoms with Crippen LogP contribution in [0.3, 0.4) is 0 Å². The van der Waals surface area contributed by atoms with Gasteiger partial charge in [-0.25, -0.2) is 0 Å². The molecule has 0 unspecified atom stereocenters. The summed E-state index contributed by atoms with van der Waals surface area (Å²) >= 11 is 0. The Morgan fingerprint density at radius 2 is 1.25 bits per heavy atom. The number of aliphatic hydroxyl groups is 1. The number of aliphatic hydroxyl groups excluding tert-OH is 1. The number of carbonyl (C=O) groups excluding carboxylic acids is 1. The fraction of sp³-hybridized carbons (Fsp3) is 0.875. The topological polar surface area (TPSA) is 136 Å². The van der Waals surface area contributed by atoms with Gasteiger partial charge < -0.3 is 26.4 Å². The highest BCUT2D eigenvalue weighted by molar-refractivity contribution is 5.85. The van der Waals surface area contributed by atoms with Crippen LogP contribution >= 0.6 is 12.4 Å². The average molecular weight is 373 g/mol. The van der Waals surface area contributed by atoms with Crippen molar-refractivity contribution < 1.29 is 24.5 Å². The second-order valence-electron chi connectivity index (χ2n) is 7.32. The number of carboxylic acid groups (broad SMARTS) is 1. The Kier molecular flexibility index (Phi) is 18.6. The van der Waals surface area contributed by atoms with Crippen LogP contribution in [0.5, 0.6) is 0 Å². The number of hydrogen-bond acceptors (Lipinski definition) is 6. The quantitative estimate of drug-likeness (QED) is 0.540. The van der Waals surface area contributed by atoms with Crippen LogP contribution in [-0.2, 0) is 14.3 Å². The first-order valence-electron chi connectivity index (χ1n) is 7.64.